The van der Waals surface area contributed by atoms with Gasteiger partial charge in [-0.25, -0.2) is 18.7 Å². The number of carbonyl (C=O) groups is 1. The standard InChI is InChI=1S/C22H26N4O5S/c1-6-30-22(27)25-32(5,28)18-9-7-16(8-10-18)14-31-21-12-19(24-15-26(2)3)17(13-23)11-20(21)29-4/h7-12,15H,5-6,14H2,1-4H3,(H,25,27,28). The molecule has 170 valence electrons. The number of carbonyl (C=O) groups excluding carboxylic acids is 1. The van der Waals surface area contributed by atoms with E-state index >= 15 is 0 Å². The SMILES string of the molecule is C=S(=O)(NC(=O)OCC)c1ccc(COc2cc(N=CN(C)C)c(C#N)cc2OC)cc1. The Labute approximate surface area is 188 Å². The number of benzene rings is 2. The number of nitrogens with one attached hydrogen (secondary N) is 1. The first-order valence-corrected chi connectivity index (χ1v) is 11.3. The smallest absolute Gasteiger partial charge is 0.418 e. The molecule has 0 radical (unpaired) electrons. The first-order valence-electron chi connectivity index (χ1n) is 9.56. The van der Waals surface area contributed by atoms with Crippen molar-refractivity contribution in [2.75, 3.05) is 27.8 Å². The van der Waals surface area contributed by atoms with Crippen LogP contribution in [-0.4, -0.2) is 55.2 Å². The first-order chi connectivity index (χ1) is 15.2. The minimum atomic E-state index is -3.04. The fourth-order valence-corrected chi connectivity index (χ4v) is 3.54. The van der Waals surface area contributed by atoms with Crippen molar-refractivity contribution in [2.24, 2.45) is 4.99 Å². The van der Waals surface area contributed by atoms with Crippen molar-refractivity contribution in [1.82, 2.24) is 9.62 Å². The van der Waals surface area contributed by atoms with E-state index in [1.807, 2.05) is 14.1 Å². The molecule has 0 aliphatic heterocycles. The van der Waals surface area contributed by atoms with E-state index < -0.39 is 15.8 Å². The predicted molar refractivity (Wildman–Crippen MR) is 124 cm³/mol. The highest BCUT2D eigenvalue weighted by atomic mass is 32.2. The lowest BCUT2D eigenvalue weighted by Gasteiger charge is -2.14. The number of nitrogens with zero attached hydrogens (tertiary/aromatic N) is 3. The Balaban J connectivity index is 2.19. The minimum Gasteiger partial charge on any atom is -0.493 e. The predicted octanol–water partition coefficient (Wildman–Crippen LogP) is 3.10. The van der Waals surface area contributed by atoms with E-state index in [2.05, 4.69) is 21.7 Å². The highest BCUT2D eigenvalue weighted by Gasteiger charge is 2.14. The average molecular weight is 459 g/mol. The average Bonchev–Trinajstić information content (AvgIpc) is 2.76. The van der Waals surface area contributed by atoms with Crippen molar-refractivity contribution >= 4 is 33.7 Å². The lowest BCUT2D eigenvalue weighted by Crippen LogP contribution is -2.30. The molecule has 2 aromatic rings. The van der Waals surface area contributed by atoms with E-state index in [4.69, 9.17) is 14.2 Å². The van der Waals surface area contributed by atoms with Crippen molar-refractivity contribution in [2.45, 2.75) is 18.4 Å². The maximum absolute atomic E-state index is 12.6. The van der Waals surface area contributed by atoms with Gasteiger partial charge in [-0.2, -0.15) is 5.26 Å². The minimum absolute atomic E-state index is 0.165. The maximum atomic E-state index is 12.6. The highest BCUT2D eigenvalue weighted by molar-refractivity contribution is 7.99. The van der Waals surface area contributed by atoms with Gasteiger partial charge in [0.15, 0.2) is 11.5 Å². The molecule has 10 heteroatoms. The number of amides is 1. The molecule has 9 nitrogen and oxygen atoms in total. The molecule has 1 N–H and O–H groups in total. The van der Waals surface area contributed by atoms with E-state index in [9.17, 15) is 14.3 Å². The Bertz CT molecular complexity index is 1120. The number of rotatable bonds is 9. The third kappa shape index (κ3) is 6.65. The summed E-state index contributed by atoms with van der Waals surface area (Å²) < 4.78 is 30.9. The molecule has 32 heavy (non-hydrogen) atoms. The van der Waals surface area contributed by atoms with Crippen LogP contribution in [0.2, 0.25) is 0 Å². The molecule has 0 saturated carbocycles. The van der Waals surface area contributed by atoms with Gasteiger partial charge < -0.3 is 19.1 Å². The Morgan fingerprint density at radius 2 is 1.97 bits per heavy atom. The van der Waals surface area contributed by atoms with Gasteiger partial charge in [0.2, 0.25) is 0 Å². The number of aliphatic imine (C=N–C) groups is 1. The van der Waals surface area contributed by atoms with Gasteiger partial charge >= 0.3 is 6.09 Å². The first kappa shape index (κ1) is 24.6. The number of hydrogen-bond acceptors (Lipinski definition) is 7. The van der Waals surface area contributed by atoms with Crippen LogP contribution >= 0.6 is 0 Å². The molecule has 0 saturated heterocycles. The van der Waals surface area contributed by atoms with Gasteiger partial charge in [0.25, 0.3) is 0 Å². The summed E-state index contributed by atoms with van der Waals surface area (Å²) in [6.07, 6.45) is 0.798. The largest absolute Gasteiger partial charge is 0.493 e. The van der Waals surface area contributed by atoms with Crippen LogP contribution in [-0.2, 0) is 21.1 Å². The number of ether oxygens (including phenoxy) is 3. The van der Waals surface area contributed by atoms with Gasteiger partial charge in [0.05, 0.1) is 41.0 Å². The quantitative estimate of drug-likeness (QED) is 0.349. The van der Waals surface area contributed by atoms with Crippen LogP contribution in [0, 0.1) is 11.3 Å². The normalized spacial score (nSPS) is 12.5. The Kier molecular flexibility index (Phi) is 8.49. The van der Waals surface area contributed by atoms with Crippen molar-refractivity contribution in [3.8, 4) is 17.6 Å². The van der Waals surface area contributed by atoms with Crippen molar-refractivity contribution in [3.05, 3.63) is 47.5 Å². The lowest BCUT2D eigenvalue weighted by molar-refractivity contribution is 0.159. The van der Waals surface area contributed by atoms with Gasteiger partial charge in [-0.15, -0.1) is 0 Å². The van der Waals surface area contributed by atoms with Crippen LogP contribution in [0.4, 0.5) is 10.5 Å². The second-order valence-electron chi connectivity index (χ2n) is 6.77. The zero-order chi connectivity index (χ0) is 23.7. The fourth-order valence-electron chi connectivity index (χ4n) is 2.52. The fraction of sp³-hybridized carbons (Fsp3) is 0.273. The molecule has 0 aliphatic rings. The highest BCUT2D eigenvalue weighted by Crippen LogP contribution is 2.35. The molecule has 2 rings (SSSR count). The third-order valence-electron chi connectivity index (χ3n) is 4.05. The molecule has 0 heterocycles. The van der Waals surface area contributed by atoms with Crippen LogP contribution in [0.5, 0.6) is 11.5 Å². The molecule has 0 bridgehead atoms. The van der Waals surface area contributed by atoms with E-state index in [0.717, 1.165) is 5.56 Å². The van der Waals surface area contributed by atoms with Crippen molar-refractivity contribution in [1.29, 1.82) is 5.26 Å². The molecular formula is C22H26N4O5S. The van der Waals surface area contributed by atoms with Crippen molar-refractivity contribution in [3.63, 3.8) is 0 Å². The van der Waals surface area contributed by atoms with E-state index in [0.29, 0.717) is 27.6 Å². The summed E-state index contributed by atoms with van der Waals surface area (Å²) in [5.41, 5.74) is 1.59. The molecule has 0 aliphatic carbocycles. The molecule has 1 atom stereocenters. The Hall–Kier alpha value is -3.71. The summed E-state index contributed by atoms with van der Waals surface area (Å²) in [5.74, 6) is 4.42. The number of hydrogen-bond donors (Lipinski definition) is 1. The monoisotopic (exact) mass is 458 g/mol. The lowest BCUT2D eigenvalue weighted by atomic mass is 10.1. The molecule has 1 unspecified atom stereocenters. The van der Waals surface area contributed by atoms with Crippen LogP contribution in [0.15, 0.2) is 46.3 Å². The van der Waals surface area contributed by atoms with Gasteiger partial charge in [-0.05, 0) is 30.5 Å². The topological polar surface area (TPSA) is 113 Å². The number of methoxy groups -OCH3 is 1. The van der Waals surface area contributed by atoms with E-state index in [1.54, 1.807) is 54.6 Å². The molecule has 1 amide bonds. The van der Waals surface area contributed by atoms with Crippen LogP contribution in [0.25, 0.3) is 0 Å². The summed E-state index contributed by atoms with van der Waals surface area (Å²) >= 11 is 0. The Morgan fingerprint density at radius 1 is 1.28 bits per heavy atom. The van der Waals surface area contributed by atoms with Gasteiger partial charge in [-0.3, -0.25) is 0 Å². The second-order valence-corrected chi connectivity index (χ2v) is 8.80. The molecule has 2 aromatic carbocycles. The summed E-state index contributed by atoms with van der Waals surface area (Å²) in [5, 5.41) is 9.38. The van der Waals surface area contributed by atoms with E-state index in [-0.39, 0.29) is 13.2 Å². The molecule has 0 fully saturated rings. The zero-order valence-corrected chi connectivity index (χ0v) is 19.3. The molecule has 0 spiro atoms. The van der Waals surface area contributed by atoms with Crippen LogP contribution in [0.3, 0.4) is 0 Å². The van der Waals surface area contributed by atoms with Crippen LogP contribution < -0.4 is 14.2 Å². The zero-order valence-electron chi connectivity index (χ0n) is 18.5. The van der Waals surface area contributed by atoms with Crippen molar-refractivity contribution < 1.29 is 23.2 Å². The summed E-state index contributed by atoms with van der Waals surface area (Å²) in [6, 6.07) is 11.9. The summed E-state index contributed by atoms with van der Waals surface area (Å²) in [6.45, 7) is 2.00. The summed E-state index contributed by atoms with van der Waals surface area (Å²) in [4.78, 5) is 18.0. The van der Waals surface area contributed by atoms with E-state index in [1.165, 1.54) is 7.11 Å². The summed E-state index contributed by atoms with van der Waals surface area (Å²) in [7, 11) is 2.10. The Morgan fingerprint density at radius 3 is 2.53 bits per heavy atom. The second kappa shape index (κ2) is 11.1. The van der Waals surface area contributed by atoms with Gasteiger partial charge in [-0.1, -0.05) is 12.1 Å². The molecule has 0 aromatic heterocycles. The van der Waals surface area contributed by atoms with Gasteiger partial charge in [0.1, 0.15) is 12.7 Å². The number of nitriles is 1. The van der Waals surface area contributed by atoms with Crippen LogP contribution in [0.1, 0.15) is 18.1 Å². The van der Waals surface area contributed by atoms with Gasteiger partial charge in [0, 0.05) is 31.1 Å². The maximum Gasteiger partial charge on any atom is 0.418 e. The third-order valence-corrected chi connectivity index (χ3v) is 5.58. The molecular weight excluding hydrogens is 432 g/mol.